The fourth-order valence-corrected chi connectivity index (χ4v) is 6.27. The summed E-state index contributed by atoms with van der Waals surface area (Å²) in [5.74, 6) is -0.240. The van der Waals surface area contributed by atoms with Gasteiger partial charge in [-0.25, -0.2) is 8.42 Å². The molecule has 1 aliphatic heterocycles. The fraction of sp³-hybridized carbons (Fsp3) is 0.545. The van der Waals surface area contributed by atoms with Crippen LogP contribution in [0.2, 0.25) is 0 Å². The van der Waals surface area contributed by atoms with Crippen molar-refractivity contribution in [3.63, 3.8) is 0 Å². The second-order valence-corrected chi connectivity index (χ2v) is 8.15. The van der Waals surface area contributed by atoms with Crippen LogP contribution in [0.1, 0.15) is 19.3 Å². The Labute approximate surface area is 125 Å². The summed E-state index contributed by atoms with van der Waals surface area (Å²) < 4.78 is 27.4. The van der Waals surface area contributed by atoms with Crippen molar-refractivity contribution >= 4 is 43.2 Å². The summed E-state index contributed by atoms with van der Waals surface area (Å²) in [7, 11) is -2.08. The minimum Gasteiger partial charge on any atom is -0.358 e. The molecule has 2 rings (SSSR count). The molecular formula is C11H15BrN2O3S2. The van der Waals surface area contributed by atoms with E-state index in [9.17, 15) is 13.2 Å². The number of hydrogen-bond donors (Lipinski definition) is 1. The Kier molecular flexibility index (Phi) is 4.65. The van der Waals surface area contributed by atoms with Crippen LogP contribution < -0.4 is 5.32 Å². The van der Waals surface area contributed by atoms with Gasteiger partial charge in [0.05, 0.1) is 0 Å². The first-order valence-corrected chi connectivity index (χ1v) is 9.06. The molecule has 1 aliphatic rings. The zero-order chi connectivity index (χ0) is 14.0. The number of amides is 1. The van der Waals surface area contributed by atoms with Crippen LogP contribution >= 0.6 is 27.3 Å². The Balaban J connectivity index is 2.37. The zero-order valence-corrected chi connectivity index (χ0v) is 13.6. The van der Waals surface area contributed by atoms with Gasteiger partial charge in [-0.2, -0.15) is 4.31 Å². The summed E-state index contributed by atoms with van der Waals surface area (Å²) in [4.78, 5) is 11.9. The van der Waals surface area contributed by atoms with E-state index >= 15 is 0 Å². The van der Waals surface area contributed by atoms with Gasteiger partial charge in [-0.3, -0.25) is 4.79 Å². The van der Waals surface area contributed by atoms with Crippen LogP contribution in [0.3, 0.4) is 0 Å². The Morgan fingerprint density at radius 3 is 2.84 bits per heavy atom. The lowest BCUT2D eigenvalue weighted by molar-refractivity contribution is -0.125. The number of thiophene rings is 1. The van der Waals surface area contributed by atoms with Crippen LogP contribution in [0.25, 0.3) is 0 Å². The highest BCUT2D eigenvalue weighted by Gasteiger charge is 2.38. The predicted molar refractivity (Wildman–Crippen MR) is 77.6 cm³/mol. The highest BCUT2D eigenvalue weighted by Crippen LogP contribution is 2.33. The molecule has 5 nitrogen and oxygen atoms in total. The molecule has 0 aromatic carbocycles. The third kappa shape index (κ3) is 2.86. The average Bonchev–Trinajstić information content (AvgIpc) is 2.85. The van der Waals surface area contributed by atoms with E-state index in [2.05, 4.69) is 21.2 Å². The fourth-order valence-electron chi connectivity index (χ4n) is 2.19. The summed E-state index contributed by atoms with van der Waals surface area (Å²) in [5.41, 5.74) is 0. The second-order valence-electron chi connectivity index (χ2n) is 4.30. The van der Waals surface area contributed by atoms with E-state index in [1.165, 1.54) is 11.4 Å². The van der Waals surface area contributed by atoms with Crippen molar-refractivity contribution in [3.8, 4) is 0 Å². The number of hydrogen-bond acceptors (Lipinski definition) is 4. The number of carbonyl (C=O) groups excluding carboxylic acids is 1. The van der Waals surface area contributed by atoms with E-state index in [0.717, 1.165) is 24.2 Å². The van der Waals surface area contributed by atoms with E-state index in [4.69, 9.17) is 0 Å². The molecule has 0 aliphatic carbocycles. The largest absolute Gasteiger partial charge is 0.358 e. The van der Waals surface area contributed by atoms with Gasteiger partial charge in [0.1, 0.15) is 10.3 Å². The lowest BCUT2D eigenvalue weighted by Gasteiger charge is -2.33. The predicted octanol–water partition coefficient (Wildman–Crippen LogP) is 1.80. The number of nitrogens with one attached hydrogen (secondary N) is 1. The van der Waals surface area contributed by atoms with Crippen LogP contribution in [0.15, 0.2) is 20.1 Å². The summed E-state index contributed by atoms with van der Waals surface area (Å²) in [5, 5.41) is 4.26. The van der Waals surface area contributed by atoms with E-state index < -0.39 is 16.1 Å². The Morgan fingerprint density at radius 1 is 1.53 bits per heavy atom. The average molecular weight is 367 g/mol. The first kappa shape index (κ1) is 15.0. The van der Waals surface area contributed by atoms with Crippen LogP contribution in [-0.2, 0) is 14.8 Å². The lowest BCUT2D eigenvalue weighted by atomic mass is 10.0. The number of halogens is 1. The normalized spacial score (nSPS) is 21.3. The van der Waals surface area contributed by atoms with Crippen molar-refractivity contribution in [3.05, 3.63) is 15.9 Å². The van der Waals surface area contributed by atoms with Gasteiger partial charge in [0.2, 0.25) is 5.91 Å². The first-order chi connectivity index (χ1) is 8.98. The first-order valence-electron chi connectivity index (χ1n) is 5.95. The van der Waals surface area contributed by atoms with Crippen molar-refractivity contribution in [2.24, 2.45) is 0 Å². The number of piperidine rings is 1. The van der Waals surface area contributed by atoms with E-state index in [0.29, 0.717) is 17.4 Å². The molecule has 1 unspecified atom stereocenters. The zero-order valence-electron chi connectivity index (χ0n) is 10.4. The van der Waals surface area contributed by atoms with Crippen molar-refractivity contribution in [1.82, 2.24) is 9.62 Å². The topological polar surface area (TPSA) is 66.5 Å². The lowest BCUT2D eigenvalue weighted by Crippen LogP contribution is -2.51. The summed E-state index contributed by atoms with van der Waals surface area (Å²) >= 11 is 4.41. The van der Waals surface area contributed by atoms with Crippen molar-refractivity contribution in [2.45, 2.75) is 29.5 Å². The maximum Gasteiger partial charge on any atom is 0.254 e. The standard InChI is InChI=1S/C11H15BrN2O3S2/c1-13-10(15)9-4-2-3-6-14(9)19(16,17)11-8(12)5-7-18-11/h5,7,9H,2-4,6H2,1H3,(H,13,15). The molecule has 1 fully saturated rings. The highest BCUT2D eigenvalue weighted by molar-refractivity contribution is 9.10. The van der Waals surface area contributed by atoms with E-state index in [1.54, 1.807) is 11.4 Å². The monoisotopic (exact) mass is 366 g/mol. The van der Waals surface area contributed by atoms with E-state index in [1.807, 2.05) is 0 Å². The quantitative estimate of drug-likeness (QED) is 0.886. The molecule has 0 saturated carbocycles. The number of carbonyl (C=O) groups is 1. The molecule has 1 atom stereocenters. The number of nitrogens with zero attached hydrogens (tertiary/aromatic N) is 1. The van der Waals surface area contributed by atoms with Crippen LogP contribution in [0, 0.1) is 0 Å². The van der Waals surface area contributed by atoms with Gasteiger partial charge in [0.15, 0.2) is 0 Å². The number of likely N-dealkylation sites (N-methyl/N-ethyl adjacent to an activating group) is 1. The number of sulfonamides is 1. The third-order valence-electron chi connectivity index (χ3n) is 3.13. The van der Waals surface area contributed by atoms with Gasteiger partial charge in [0.25, 0.3) is 10.0 Å². The van der Waals surface area contributed by atoms with Crippen LogP contribution in [0.5, 0.6) is 0 Å². The van der Waals surface area contributed by atoms with Gasteiger partial charge in [0, 0.05) is 18.1 Å². The van der Waals surface area contributed by atoms with Gasteiger partial charge >= 0.3 is 0 Å². The second kappa shape index (κ2) is 5.90. The molecule has 8 heteroatoms. The molecule has 2 heterocycles. The molecule has 106 valence electrons. The van der Waals surface area contributed by atoms with Gasteiger partial charge in [-0.15, -0.1) is 11.3 Å². The van der Waals surface area contributed by atoms with Gasteiger partial charge < -0.3 is 5.32 Å². The Morgan fingerprint density at radius 2 is 2.26 bits per heavy atom. The third-order valence-corrected chi connectivity index (χ3v) is 7.69. The maximum atomic E-state index is 12.6. The molecule has 1 aromatic heterocycles. The molecule has 0 bridgehead atoms. The summed E-state index contributed by atoms with van der Waals surface area (Å²) in [6.07, 6.45) is 2.23. The highest BCUT2D eigenvalue weighted by atomic mass is 79.9. The van der Waals surface area contributed by atoms with Crippen LogP contribution in [-0.4, -0.2) is 38.3 Å². The number of rotatable bonds is 3. The molecule has 1 N–H and O–H groups in total. The molecule has 0 spiro atoms. The minimum absolute atomic E-state index is 0.240. The Hall–Kier alpha value is -0.440. The Bertz CT molecular complexity index is 570. The van der Waals surface area contributed by atoms with E-state index in [-0.39, 0.29) is 10.1 Å². The van der Waals surface area contributed by atoms with Crippen molar-refractivity contribution in [1.29, 1.82) is 0 Å². The van der Waals surface area contributed by atoms with Crippen LogP contribution in [0.4, 0.5) is 0 Å². The molecular weight excluding hydrogens is 352 g/mol. The smallest absolute Gasteiger partial charge is 0.254 e. The molecule has 19 heavy (non-hydrogen) atoms. The van der Waals surface area contributed by atoms with Gasteiger partial charge in [-0.1, -0.05) is 6.42 Å². The minimum atomic E-state index is -3.61. The van der Waals surface area contributed by atoms with Crippen molar-refractivity contribution in [2.75, 3.05) is 13.6 Å². The molecule has 1 aromatic rings. The molecule has 1 amide bonds. The maximum absolute atomic E-state index is 12.6. The van der Waals surface area contributed by atoms with Gasteiger partial charge in [-0.05, 0) is 40.2 Å². The molecule has 1 saturated heterocycles. The SMILES string of the molecule is CNC(=O)C1CCCCN1S(=O)(=O)c1sccc1Br. The summed E-state index contributed by atoms with van der Waals surface area (Å²) in [6.45, 7) is 0.394. The summed E-state index contributed by atoms with van der Waals surface area (Å²) in [6, 6.07) is 1.11. The molecule has 0 radical (unpaired) electrons. The van der Waals surface area contributed by atoms with Crippen molar-refractivity contribution < 1.29 is 13.2 Å².